The second-order valence-corrected chi connectivity index (χ2v) is 7.49. The molecule has 1 aromatic carbocycles. The van der Waals surface area contributed by atoms with Crippen LogP contribution in [-0.4, -0.2) is 58.4 Å². The second-order valence-electron chi connectivity index (χ2n) is 5.75. The van der Waals surface area contributed by atoms with Crippen LogP contribution in [0.2, 0.25) is 0 Å². The van der Waals surface area contributed by atoms with Crippen molar-refractivity contribution in [3.8, 4) is 0 Å². The van der Waals surface area contributed by atoms with Crippen molar-refractivity contribution < 1.29 is 27.1 Å². The SMILES string of the molecule is O=C(CNS(=O)(=O)c1ccccc1F)N1CCC(C2OCCO2)C1. The van der Waals surface area contributed by atoms with E-state index in [-0.39, 0.29) is 18.1 Å². The second kappa shape index (κ2) is 7.14. The monoisotopic (exact) mass is 358 g/mol. The fourth-order valence-corrected chi connectivity index (χ4v) is 3.95. The molecule has 2 aliphatic rings. The molecule has 2 aliphatic heterocycles. The van der Waals surface area contributed by atoms with Crippen molar-refractivity contribution in [1.29, 1.82) is 0 Å². The van der Waals surface area contributed by atoms with E-state index in [1.54, 1.807) is 4.90 Å². The maximum atomic E-state index is 13.6. The topological polar surface area (TPSA) is 84.9 Å². The molecule has 2 heterocycles. The molecule has 0 saturated carbocycles. The Morgan fingerprint density at radius 1 is 1.29 bits per heavy atom. The first-order chi connectivity index (χ1) is 11.5. The maximum absolute atomic E-state index is 13.6. The summed E-state index contributed by atoms with van der Waals surface area (Å²) in [5.41, 5.74) is 0. The quantitative estimate of drug-likeness (QED) is 0.820. The standard InChI is InChI=1S/C15H19FN2O5S/c16-12-3-1-2-4-13(12)24(20,21)17-9-14(19)18-6-5-11(10-18)15-22-7-8-23-15/h1-4,11,15,17H,5-10H2. The molecule has 1 aromatic rings. The smallest absolute Gasteiger partial charge is 0.243 e. The van der Waals surface area contributed by atoms with Crippen LogP contribution >= 0.6 is 0 Å². The third-order valence-corrected chi connectivity index (χ3v) is 5.58. The lowest BCUT2D eigenvalue weighted by atomic mass is 10.1. The van der Waals surface area contributed by atoms with Crippen molar-refractivity contribution in [3.63, 3.8) is 0 Å². The van der Waals surface area contributed by atoms with Crippen LogP contribution in [0.1, 0.15) is 6.42 Å². The van der Waals surface area contributed by atoms with E-state index < -0.39 is 27.3 Å². The highest BCUT2D eigenvalue weighted by Crippen LogP contribution is 2.25. The lowest BCUT2D eigenvalue weighted by Gasteiger charge is -2.19. The van der Waals surface area contributed by atoms with Crippen LogP contribution < -0.4 is 4.72 Å². The van der Waals surface area contributed by atoms with Crippen LogP contribution in [0.3, 0.4) is 0 Å². The maximum Gasteiger partial charge on any atom is 0.243 e. The van der Waals surface area contributed by atoms with E-state index in [2.05, 4.69) is 4.72 Å². The Bertz CT molecular complexity index is 706. The summed E-state index contributed by atoms with van der Waals surface area (Å²) in [5, 5.41) is 0. The number of amides is 1. The molecule has 132 valence electrons. The molecule has 1 amide bonds. The Balaban J connectivity index is 1.55. The molecule has 0 bridgehead atoms. The predicted molar refractivity (Wildman–Crippen MR) is 82.0 cm³/mol. The van der Waals surface area contributed by atoms with Crippen molar-refractivity contribution in [2.45, 2.75) is 17.6 Å². The summed E-state index contributed by atoms with van der Waals surface area (Å²) < 4.78 is 50.8. The number of nitrogens with one attached hydrogen (secondary N) is 1. The van der Waals surface area contributed by atoms with Crippen molar-refractivity contribution in [2.24, 2.45) is 5.92 Å². The molecule has 24 heavy (non-hydrogen) atoms. The van der Waals surface area contributed by atoms with Gasteiger partial charge in [0.15, 0.2) is 6.29 Å². The van der Waals surface area contributed by atoms with Crippen molar-refractivity contribution in [3.05, 3.63) is 30.1 Å². The normalized spacial score (nSPS) is 22.2. The van der Waals surface area contributed by atoms with Gasteiger partial charge in [-0.15, -0.1) is 0 Å². The van der Waals surface area contributed by atoms with Gasteiger partial charge < -0.3 is 14.4 Å². The molecule has 9 heteroatoms. The van der Waals surface area contributed by atoms with Gasteiger partial charge >= 0.3 is 0 Å². The van der Waals surface area contributed by atoms with Gasteiger partial charge in [-0.2, -0.15) is 0 Å². The minimum atomic E-state index is -4.07. The number of hydrogen-bond donors (Lipinski definition) is 1. The molecule has 0 radical (unpaired) electrons. The van der Waals surface area contributed by atoms with E-state index in [1.807, 2.05) is 0 Å². The van der Waals surface area contributed by atoms with E-state index in [9.17, 15) is 17.6 Å². The molecule has 3 rings (SSSR count). The number of carbonyl (C=O) groups is 1. The number of halogens is 1. The summed E-state index contributed by atoms with van der Waals surface area (Å²) in [6.07, 6.45) is 0.453. The largest absolute Gasteiger partial charge is 0.350 e. The highest BCUT2D eigenvalue weighted by atomic mass is 32.2. The minimum absolute atomic E-state index is 0.0969. The Kier molecular flexibility index (Phi) is 5.14. The highest BCUT2D eigenvalue weighted by Gasteiger charge is 2.35. The molecule has 7 nitrogen and oxygen atoms in total. The van der Waals surface area contributed by atoms with E-state index >= 15 is 0 Å². The summed E-state index contributed by atoms with van der Waals surface area (Å²) >= 11 is 0. The highest BCUT2D eigenvalue weighted by molar-refractivity contribution is 7.89. The fraction of sp³-hybridized carbons (Fsp3) is 0.533. The number of benzene rings is 1. The summed E-state index contributed by atoms with van der Waals surface area (Å²) in [6.45, 7) is 1.68. The molecule has 0 aromatic heterocycles. The number of carbonyl (C=O) groups excluding carboxylic acids is 1. The first-order valence-corrected chi connectivity index (χ1v) is 9.21. The number of rotatable bonds is 5. The first kappa shape index (κ1) is 17.3. The first-order valence-electron chi connectivity index (χ1n) is 7.72. The van der Waals surface area contributed by atoms with Crippen molar-refractivity contribution >= 4 is 15.9 Å². The van der Waals surface area contributed by atoms with Gasteiger partial charge in [0.1, 0.15) is 10.7 Å². The van der Waals surface area contributed by atoms with E-state index in [4.69, 9.17) is 9.47 Å². The zero-order valence-electron chi connectivity index (χ0n) is 13.0. The number of ether oxygens (including phenoxy) is 2. The van der Waals surface area contributed by atoms with Gasteiger partial charge in [-0.1, -0.05) is 12.1 Å². The van der Waals surface area contributed by atoms with Gasteiger partial charge in [0, 0.05) is 19.0 Å². The minimum Gasteiger partial charge on any atom is -0.350 e. The van der Waals surface area contributed by atoms with Crippen LogP contribution in [0, 0.1) is 11.7 Å². The van der Waals surface area contributed by atoms with Crippen LogP contribution in [-0.2, 0) is 24.3 Å². The van der Waals surface area contributed by atoms with Gasteiger partial charge in [-0.05, 0) is 18.6 Å². The van der Waals surface area contributed by atoms with Crippen LogP contribution in [0.4, 0.5) is 4.39 Å². The number of nitrogens with zero attached hydrogens (tertiary/aromatic N) is 1. The Hall–Kier alpha value is -1.55. The summed E-state index contributed by atoms with van der Waals surface area (Å²) in [5.74, 6) is -1.11. The van der Waals surface area contributed by atoms with Crippen LogP contribution in [0.15, 0.2) is 29.2 Å². The lowest BCUT2D eigenvalue weighted by molar-refractivity contribution is -0.130. The number of likely N-dealkylation sites (tertiary alicyclic amines) is 1. The van der Waals surface area contributed by atoms with Crippen LogP contribution in [0.25, 0.3) is 0 Å². The molecule has 2 fully saturated rings. The molecule has 1 unspecified atom stereocenters. The van der Waals surface area contributed by atoms with Gasteiger partial charge in [0.05, 0.1) is 19.8 Å². The zero-order valence-corrected chi connectivity index (χ0v) is 13.8. The average Bonchev–Trinajstić information content (AvgIpc) is 3.23. The molecule has 2 saturated heterocycles. The molecule has 1 N–H and O–H groups in total. The van der Waals surface area contributed by atoms with E-state index in [0.717, 1.165) is 18.6 Å². The predicted octanol–water partition coefficient (Wildman–Crippen LogP) is 0.325. The third-order valence-electron chi connectivity index (χ3n) is 4.15. The zero-order chi connectivity index (χ0) is 17.2. The lowest BCUT2D eigenvalue weighted by Crippen LogP contribution is -2.39. The third kappa shape index (κ3) is 3.75. The van der Waals surface area contributed by atoms with Crippen molar-refractivity contribution in [2.75, 3.05) is 32.8 Å². The van der Waals surface area contributed by atoms with Gasteiger partial charge in [-0.3, -0.25) is 4.79 Å². The van der Waals surface area contributed by atoms with Gasteiger partial charge in [-0.25, -0.2) is 17.5 Å². The Morgan fingerprint density at radius 2 is 2.00 bits per heavy atom. The average molecular weight is 358 g/mol. The molecule has 1 atom stereocenters. The molecular weight excluding hydrogens is 339 g/mol. The number of sulfonamides is 1. The Labute approximate surface area is 139 Å². The van der Waals surface area contributed by atoms with E-state index in [0.29, 0.717) is 26.3 Å². The van der Waals surface area contributed by atoms with E-state index in [1.165, 1.54) is 12.1 Å². The Morgan fingerprint density at radius 3 is 2.71 bits per heavy atom. The van der Waals surface area contributed by atoms with Gasteiger partial charge in [0.25, 0.3) is 0 Å². The summed E-state index contributed by atoms with van der Waals surface area (Å²) in [4.78, 5) is 13.3. The van der Waals surface area contributed by atoms with Gasteiger partial charge in [0.2, 0.25) is 15.9 Å². The number of hydrogen-bond acceptors (Lipinski definition) is 5. The molecule has 0 aliphatic carbocycles. The van der Waals surface area contributed by atoms with Crippen LogP contribution in [0.5, 0.6) is 0 Å². The van der Waals surface area contributed by atoms with Crippen molar-refractivity contribution in [1.82, 2.24) is 9.62 Å². The summed E-state index contributed by atoms with van der Waals surface area (Å²) in [6, 6.07) is 5.04. The fourth-order valence-electron chi connectivity index (χ4n) is 2.89. The molecular formula is C15H19FN2O5S. The molecule has 0 spiro atoms. The summed E-state index contributed by atoms with van der Waals surface area (Å²) in [7, 11) is -4.07.